The van der Waals surface area contributed by atoms with E-state index in [1.165, 1.54) is 0 Å². The van der Waals surface area contributed by atoms with Crippen LogP contribution in [0, 0.1) is 24.7 Å². The summed E-state index contributed by atoms with van der Waals surface area (Å²) < 4.78 is 10.1. The van der Waals surface area contributed by atoms with Crippen molar-refractivity contribution in [3.8, 4) is 0 Å². The predicted molar refractivity (Wildman–Crippen MR) is 100 cm³/mol. The minimum absolute atomic E-state index is 0.0901. The summed E-state index contributed by atoms with van der Waals surface area (Å²) in [7, 11) is 1.96. The third kappa shape index (κ3) is 3.92. The number of carbonyl (C=O) groups excluding carboxylic acids is 2. The summed E-state index contributed by atoms with van der Waals surface area (Å²) in [6.45, 7) is 4.76. The lowest BCUT2D eigenvalue weighted by Gasteiger charge is -2.34. The Morgan fingerprint density at radius 1 is 1.14 bits per heavy atom. The number of likely N-dealkylation sites (tertiary alicyclic amines) is 1. The third-order valence-electron chi connectivity index (χ3n) is 6.92. The Morgan fingerprint density at radius 3 is 2.61 bits per heavy atom. The zero-order valence-corrected chi connectivity index (χ0v) is 16.8. The summed E-state index contributed by atoms with van der Waals surface area (Å²) in [5.74, 6) is 1.55. The molecule has 0 N–H and O–H groups in total. The number of rotatable bonds is 4. The molecule has 1 aromatic heterocycles. The molecule has 4 rings (SSSR count). The van der Waals surface area contributed by atoms with E-state index in [0.717, 1.165) is 45.2 Å². The van der Waals surface area contributed by atoms with Gasteiger partial charge in [-0.25, -0.2) is 4.63 Å². The second-order valence-corrected chi connectivity index (χ2v) is 8.58. The molecule has 8 nitrogen and oxygen atoms in total. The summed E-state index contributed by atoms with van der Waals surface area (Å²) in [5, 5.41) is 7.58. The number of hydrogen-bond acceptors (Lipinski definition) is 6. The van der Waals surface area contributed by atoms with Gasteiger partial charge in [-0.3, -0.25) is 9.59 Å². The van der Waals surface area contributed by atoms with Crippen LogP contribution in [0.25, 0.3) is 0 Å². The Labute approximate surface area is 165 Å². The van der Waals surface area contributed by atoms with E-state index in [0.29, 0.717) is 42.5 Å². The number of hydrogen-bond donors (Lipinski definition) is 0. The first-order valence-corrected chi connectivity index (χ1v) is 10.4. The van der Waals surface area contributed by atoms with Gasteiger partial charge in [-0.05, 0) is 50.9 Å². The Balaban J connectivity index is 1.32. The molecule has 154 valence electrons. The number of piperidine rings is 1. The average Bonchev–Trinajstić information content (AvgIpc) is 3.33. The molecule has 1 saturated carbocycles. The number of ether oxygens (including phenoxy) is 1. The molecule has 28 heavy (non-hydrogen) atoms. The van der Waals surface area contributed by atoms with E-state index in [1.54, 1.807) is 6.92 Å². The van der Waals surface area contributed by atoms with E-state index in [-0.39, 0.29) is 24.2 Å². The van der Waals surface area contributed by atoms with Crippen molar-refractivity contribution in [2.24, 2.45) is 17.8 Å². The first-order valence-electron chi connectivity index (χ1n) is 10.4. The van der Waals surface area contributed by atoms with Crippen LogP contribution in [0.3, 0.4) is 0 Å². The van der Waals surface area contributed by atoms with Gasteiger partial charge in [0.2, 0.25) is 11.8 Å². The molecule has 2 amide bonds. The van der Waals surface area contributed by atoms with Gasteiger partial charge in [0.1, 0.15) is 11.4 Å². The van der Waals surface area contributed by atoms with Crippen molar-refractivity contribution in [2.75, 3.05) is 33.4 Å². The number of aromatic nitrogens is 2. The van der Waals surface area contributed by atoms with Crippen LogP contribution in [0.4, 0.5) is 0 Å². The lowest BCUT2D eigenvalue weighted by Crippen LogP contribution is -2.43. The number of fused-ring (bicyclic) bond motifs is 1. The molecule has 0 spiro atoms. The average molecular weight is 390 g/mol. The summed E-state index contributed by atoms with van der Waals surface area (Å²) in [6, 6.07) is 0.294. The highest BCUT2D eigenvalue weighted by atomic mass is 16.6. The van der Waals surface area contributed by atoms with E-state index in [4.69, 9.17) is 9.37 Å². The van der Waals surface area contributed by atoms with E-state index in [9.17, 15) is 9.59 Å². The SMILES string of the molecule is Cc1nonc1CC(=O)N1CC[C@@H]2C[C@H](N(C)C(=O)C3CCOCC3)C[C@@H]2C1. The zero-order chi connectivity index (χ0) is 19.7. The summed E-state index contributed by atoms with van der Waals surface area (Å²) in [4.78, 5) is 29.5. The monoisotopic (exact) mass is 390 g/mol. The molecule has 0 radical (unpaired) electrons. The highest BCUT2D eigenvalue weighted by molar-refractivity contribution is 5.79. The van der Waals surface area contributed by atoms with Gasteiger partial charge in [0.15, 0.2) is 0 Å². The second-order valence-electron chi connectivity index (χ2n) is 8.58. The lowest BCUT2D eigenvalue weighted by molar-refractivity contribution is -0.139. The predicted octanol–water partition coefficient (Wildman–Crippen LogP) is 1.43. The van der Waals surface area contributed by atoms with Crippen molar-refractivity contribution in [2.45, 2.75) is 51.5 Å². The van der Waals surface area contributed by atoms with E-state index in [1.807, 2.05) is 16.8 Å². The fraction of sp³-hybridized carbons (Fsp3) is 0.800. The normalized spacial score (nSPS) is 28.2. The fourth-order valence-electron chi connectivity index (χ4n) is 5.07. The molecular formula is C20H30N4O4. The van der Waals surface area contributed by atoms with Crippen molar-refractivity contribution in [1.82, 2.24) is 20.1 Å². The smallest absolute Gasteiger partial charge is 0.228 e. The van der Waals surface area contributed by atoms with Crippen LogP contribution in [0.1, 0.15) is 43.5 Å². The highest BCUT2D eigenvalue weighted by Crippen LogP contribution is 2.40. The van der Waals surface area contributed by atoms with Gasteiger partial charge in [0.25, 0.3) is 0 Å². The molecule has 8 heteroatoms. The van der Waals surface area contributed by atoms with Crippen LogP contribution < -0.4 is 0 Å². The first kappa shape index (κ1) is 19.4. The zero-order valence-electron chi connectivity index (χ0n) is 16.8. The number of nitrogens with zero attached hydrogens (tertiary/aromatic N) is 4. The topological polar surface area (TPSA) is 88.8 Å². The van der Waals surface area contributed by atoms with Crippen LogP contribution in [0.2, 0.25) is 0 Å². The Morgan fingerprint density at radius 2 is 1.89 bits per heavy atom. The van der Waals surface area contributed by atoms with Crippen molar-refractivity contribution in [3.63, 3.8) is 0 Å². The molecule has 3 heterocycles. The van der Waals surface area contributed by atoms with Crippen LogP contribution in [0.15, 0.2) is 4.63 Å². The van der Waals surface area contributed by atoms with Gasteiger partial charge >= 0.3 is 0 Å². The number of amides is 2. The minimum Gasteiger partial charge on any atom is -0.381 e. The molecule has 0 aromatic carbocycles. The molecule has 2 aliphatic heterocycles. The van der Waals surface area contributed by atoms with Gasteiger partial charge in [-0.15, -0.1) is 0 Å². The van der Waals surface area contributed by atoms with Crippen LogP contribution >= 0.6 is 0 Å². The Kier molecular flexibility index (Phi) is 5.66. The summed E-state index contributed by atoms with van der Waals surface area (Å²) >= 11 is 0. The molecule has 2 saturated heterocycles. The first-order chi connectivity index (χ1) is 13.5. The summed E-state index contributed by atoms with van der Waals surface area (Å²) in [5.41, 5.74) is 1.30. The van der Waals surface area contributed by atoms with Crippen molar-refractivity contribution >= 4 is 11.8 Å². The van der Waals surface area contributed by atoms with Crippen molar-refractivity contribution in [3.05, 3.63) is 11.4 Å². The molecule has 1 aromatic rings. The molecule has 3 aliphatic rings. The Bertz CT molecular complexity index is 715. The minimum atomic E-state index is 0.0901. The molecule has 3 fully saturated rings. The molecular weight excluding hydrogens is 360 g/mol. The maximum Gasteiger partial charge on any atom is 0.228 e. The maximum absolute atomic E-state index is 12.9. The Hall–Kier alpha value is -1.96. The van der Waals surface area contributed by atoms with Gasteiger partial charge in [-0.1, -0.05) is 10.3 Å². The van der Waals surface area contributed by atoms with Crippen LogP contribution in [0.5, 0.6) is 0 Å². The third-order valence-corrected chi connectivity index (χ3v) is 6.92. The number of carbonyl (C=O) groups is 2. The second kappa shape index (κ2) is 8.19. The number of aryl methyl sites for hydroxylation is 1. The quantitative estimate of drug-likeness (QED) is 0.773. The van der Waals surface area contributed by atoms with Crippen LogP contribution in [-0.4, -0.2) is 71.3 Å². The molecule has 1 aliphatic carbocycles. The maximum atomic E-state index is 12.9. The lowest BCUT2D eigenvalue weighted by atomic mass is 9.88. The van der Waals surface area contributed by atoms with E-state index in [2.05, 4.69) is 10.3 Å². The van der Waals surface area contributed by atoms with E-state index < -0.39 is 0 Å². The molecule has 0 unspecified atom stereocenters. The van der Waals surface area contributed by atoms with Crippen molar-refractivity contribution < 1.29 is 19.0 Å². The van der Waals surface area contributed by atoms with Crippen LogP contribution in [-0.2, 0) is 20.7 Å². The van der Waals surface area contributed by atoms with Gasteiger partial charge in [0.05, 0.1) is 6.42 Å². The highest BCUT2D eigenvalue weighted by Gasteiger charge is 2.42. The molecule has 3 atom stereocenters. The largest absolute Gasteiger partial charge is 0.381 e. The van der Waals surface area contributed by atoms with Gasteiger partial charge in [-0.2, -0.15) is 0 Å². The molecule has 0 bridgehead atoms. The fourth-order valence-corrected chi connectivity index (χ4v) is 5.07. The van der Waals surface area contributed by atoms with Gasteiger partial charge < -0.3 is 14.5 Å². The summed E-state index contributed by atoms with van der Waals surface area (Å²) in [6.07, 6.45) is 4.98. The standard InChI is InChI=1S/C20H30N4O4/c1-13-18(22-28-21-13)11-19(25)24-6-3-15-9-17(10-16(15)12-24)23(2)20(26)14-4-7-27-8-5-14/h14-17H,3-12H2,1-2H3/t15-,16-,17+/m1/s1. The van der Waals surface area contributed by atoms with Crippen molar-refractivity contribution in [1.29, 1.82) is 0 Å². The van der Waals surface area contributed by atoms with Gasteiger partial charge in [0, 0.05) is 45.3 Å². The van der Waals surface area contributed by atoms with E-state index >= 15 is 0 Å².